The minimum Gasteiger partial charge on any atom is -0.501 e. The van der Waals surface area contributed by atoms with Crippen LogP contribution in [0.1, 0.15) is 20.9 Å². The third-order valence-corrected chi connectivity index (χ3v) is 3.94. The van der Waals surface area contributed by atoms with Gasteiger partial charge in [0, 0.05) is 16.9 Å². The number of rotatable bonds is 8. The Morgan fingerprint density at radius 1 is 1.45 bits per heavy atom. The summed E-state index contributed by atoms with van der Waals surface area (Å²) in [5, 5.41) is 0. The summed E-state index contributed by atoms with van der Waals surface area (Å²) in [7, 11) is 0. The third kappa shape index (κ3) is 4.89. The minimum absolute atomic E-state index is 0.363. The minimum atomic E-state index is -0.470. The van der Waals surface area contributed by atoms with Crippen molar-refractivity contribution in [2.45, 2.75) is 13.3 Å². The summed E-state index contributed by atoms with van der Waals surface area (Å²) in [6.07, 6.45) is 4.24. The van der Waals surface area contributed by atoms with Crippen molar-refractivity contribution in [3.05, 3.63) is 58.2 Å². The normalized spacial score (nSPS) is 10.8. The lowest BCUT2D eigenvalue weighted by atomic mass is 10.2. The Morgan fingerprint density at radius 2 is 2.32 bits per heavy atom. The molecule has 116 valence electrons. The van der Waals surface area contributed by atoms with E-state index in [9.17, 15) is 4.79 Å². The molecule has 0 aliphatic rings. The van der Waals surface area contributed by atoms with Crippen molar-refractivity contribution in [1.29, 1.82) is 0 Å². The van der Waals surface area contributed by atoms with Crippen molar-refractivity contribution < 1.29 is 14.3 Å². The van der Waals surface area contributed by atoms with Gasteiger partial charge < -0.3 is 15.2 Å². The average Bonchev–Trinajstić information content (AvgIpc) is 2.92. The molecule has 1 aromatic heterocycles. The summed E-state index contributed by atoms with van der Waals surface area (Å²) < 4.78 is 10.9. The van der Waals surface area contributed by atoms with Gasteiger partial charge >= 0.3 is 0 Å². The quantitative estimate of drug-likeness (QED) is 0.600. The topological polar surface area (TPSA) is 74.4 Å². The molecule has 0 spiro atoms. The standard InChI is InChI=1S/C16H18N2O3S/c1-12-15(22-11-18-12)6-9-20-7-3-8-21-14-5-2-4-13(10-14)16(17)19/h2-5,7,10-11H,6,8-9H2,1H3,(H2,17,19)/b7-3+. The van der Waals surface area contributed by atoms with E-state index in [1.807, 2.05) is 12.4 Å². The second-order valence-electron chi connectivity index (χ2n) is 4.56. The number of thiazole rings is 1. The van der Waals surface area contributed by atoms with Gasteiger partial charge in [-0.1, -0.05) is 6.07 Å². The van der Waals surface area contributed by atoms with E-state index in [2.05, 4.69) is 4.98 Å². The molecule has 0 saturated heterocycles. The zero-order valence-electron chi connectivity index (χ0n) is 12.3. The molecule has 6 heteroatoms. The highest BCUT2D eigenvalue weighted by Crippen LogP contribution is 2.13. The van der Waals surface area contributed by atoms with Crippen LogP contribution in [0.25, 0.3) is 0 Å². The highest BCUT2D eigenvalue weighted by molar-refractivity contribution is 7.09. The van der Waals surface area contributed by atoms with Crippen molar-refractivity contribution in [2.24, 2.45) is 5.73 Å². The number of ether oxygens (including phenoxy) is 2. The van der Waals surface area contributed by atoms with Crippen LogP contribution in [0.15, 0.2) is 42.1 Å². The molecule has 2 N–H and O–H groups in total. The molecular weight excluding hydrogens is 300 g/mol. The van der Waals surface area contributed by atoms with Gasteiger partial charge in [-0.25, -0.2) is 4.98 Å². The number of primary amides is 1. The Kier molecular flexibility index (Phi) is 5.97. The Hall–Kier alpha value is -2.34. The second kappa shape index (κ2) is 8.19. The van der Waals surface area contributed by atoms with Crippen LogP contribution in [-0.2, 0) is 11.2 Å². The van der Waals surface area contributed by atoms with E-state index in [1.165, 1.54) is 4.88 Å². The van der Waals surface area contributed by atoms with E-state index in [0.717, 1.165) is 12.1 Å². The van der Waals surface area contributed by atoms with Gasteiger partial charge in [-0.05, 0) is 31.2 Å². The van der Waals surface area contributed by atoms with Crippen LogP contribution < -0.4 is 10.5 Å². The third-order valence-electron chi connectivity index (χ3n) is 2.95. The van der Waals surface area contributed by atoms with Crippen LogP contribution in [0.3, 0.4) is 0 Å². The number of aryl methyl sites for hydroxylation is 1. The summed E-state index contributed by atoms with van der Waals surface area (Å²) in [6.45, 7) is 2.97. The molecule has 0 atom stereocenters. The van der Waals surface area contributed by atoms with E-state index in [4.69, 9.17) is 15.2 Å². The van der Waals surface area contributed by atoms with Crippen LogP contribution in [0.2, 0.25) is 0 Å². The number of hydrogen-bond donors (Lipinski definition) is 1. The Balaban J connectivity index is 1.67. The fourth-order valence-electron chi connectivity index (χ4n) is 1.78. The van der Waals surface area contributed by atoms with Gasteiger partial charge in [-0.3, -0.25) is 4.79 Å². The van der Waals surface area contributed by atoms with E-state index in [1.54, 1.807) is 47.9 Å². The van der Waals surface area contributed by atoms with Gasteiger partial charge in [0.15, 0.2) is 0 Å². The Labute approximate surface area is 133 Å². The van der Waals surface area contributed by atoms with Crippen LogP contribution in [-0.4, -0.2) is 24.1 Å². The smallest absolute Gasteiger partial charge is 0.248 e. The number of hydrogen-bond acceptors (Lipinski definition) is 5. The lowest BCUT2D eigenvalue weighted by Crippen LogP contribution is -2.10. The molecule has 0 saturated carbocycles. The lowest BCUT2D eigenvalue weighted by molar-refractivity contribution is 0.1000. The molecule has 5 nitrogen and oxygen atoms in total. The number of amides is 1. The van der Waals surface area contributed by atoms with E-state index in [0.29, 0.717) is 24.5 Å². The van der Waals surface area contributed by atoms with Gasteiger partial charge in [-0.15, -0.1) is 11.3 Å². The predicted octanol–water partition coefficient (Wildman–Crippen LogP) is 2.70. The first-order chi connectivity index (χ1) is 10.7. The van der Waals surface area contributed by atoms with Gasteiger partial charge in [0.25, 0.3) is 0 Å². The summed E-state index contributed by atoms with van der Waals surface area (Å²) in [6, 6.07) is 6.76. The zero-order chi connectivity index (χ0) is 15.8. The molecular formula is C16H18N2O3S. The first-order valence-corrected chi connectivity index (χ1v) is 7.73. The number of carbonyl (C=O) groups excluding carboxylic acids is 1. The lowest BCUT2D eigenvalue weighted by Gasteiger charge is -2.04. The molecule has 0 fully saturated rings. The molecule has 0 unspecified atom stereocenters. The van der Waals surface area contributed by atoms with Crippen LogP contribution in [0.4, 0.5) is 0 Å². The van der Waals surface area contributed by atoms with Crippen molar-refractivity contribution >= 4 is 17.2 Å². The predicted molar refractivity (Wildman–Crippen MR) is 86.1 cm³/mol. The second-order valence-corrected chi connectivity index (χ2v) is 5.50. The molecule has 1 heterocycles. The summed E-state index contributed by atoms with van der Waals surface area (Å²) in [4.78, 5) is 16.5. The van der Waals surface area contributed by atoms with Crippen LogP contribution >= 0.6 is 11.3 Å². The molecule has 0 bridgehead atoms. The van der Waals surface area contributed by atoms with Gasteiger partial charge in [0.1, 0.15) is 12.4 Å². The van der Waals surface area contributed by atoms with Crippen molar-refractivity contribution in [3.63, 3.8) is 0 Å². The van der Waals surface area contributed by atoms with Gasteiger partial charge in [0.2, 0.25) is 5.91 Å². The van der Waals surface area contributed by atoms with E-state index in [-0.39, 0.29) is 0 Å². The fourth-order valence-corrected chi connectivity index (χ4v) is 2.54. The van der Waals surface area contributed by atoms with Crippen molar-refractivity contribution in [1.82, 2.24) is 4.98 Å². The molecule has 1 aromatic carbocycles. The summed E-state index contributed by atoms with van der Waals surface area (Å²) >= 11 is 1.64. The van der Waals surface area contributed by atoms with Gasteiger partial charge in [-0.2, -0.15) is 0 Å². The first-order valence-electron chi connectivity index (χ1n) is 6.85. The number of carbonyl (C=O) groups is 1. The van der Waals surface area contributed by atoms with Crippen LogP contribution in [0.5, 0.6) is 5.75 Å². The van der Waals surface area contributed by atoms with Crippen molar-refractivity contribution in [2.75, 3.05) is 13.2 Å². The number of nitrogens with two attached hydrogens (primary N) is 1. The largest absolute Gasteiger partial charge is 0.501 e. The summed E-state index contributed by atoms with van der Waals surface area (Å²) in [5.41, 5.74) is 8.55. The zero-order valence-corrected chi connectivity index (χ0v) is 13.1. The van der Waals surface area contributed by atoms with Crippen LogP contribution in [0, 0.1) is 6.92 Å². The molecule has 2 rings (SSSR count). The average molecular weight is 318 g/mol. The Morgan fingerprint density at radius 3 is 3.05 bits per heavy atom. The highest BCUT2D eigenvalue weighted by Gasteiger charge is 2.01. The summed E-state index contributed by atoms with van der Waals surface area (Å²) in [5.74, 6) is 0.129. The first kappa shape index (κ1) is 16.0. The number of benzene rings is 1. The Bertz CT molecular complexity index is 652. The number of nitrogens with zero attached hydrogens (tertiary/aromatic N) is 1. The molecule has 0 radical (unpaired) electrons. The maximum absolute atomic E-state index is 11.1. The molecule has 2 aromatic rings. The van der Waals surface area contributed by atoms with E-state index < -0.39 is 5.91 Å². The molecule has 22 heavy (non-hydrogen) atoms. The van der Waals surface area contributed by atoms with Crippen molar-refractivity contribution in [3.8, 4) is 5.75 Å². The maximum Gasteiger partial charge on any atom is 0.248 e. The molecule has 1 amide bonds. The van der Waals surface area contributed by atoms with E-state index >= 15 is 0 Å². The monoisotopic (exact) mass is 318 g/mol. The molecule has 0 aliphatic heterocycles. The van der Waals surface area contributed by atoms with Gasteiger partial charge in [0.05, 0.1) is 24.1 Å². The maximum atomic E-state index is 11.1. The molecule has 0 aliphatic carbocycles. The number of aromatic nitrogens is 1. The SMILES string of the molecule is Cc1ncsc1CCO/C=C/COc1cccc(C(N)=O)c1. The fraction of sp³-hybridized carbons (Fsp3) is 0.250. The highest BCUT2D eigenvalue weighted by atomic mass is 32.1.